The fraction of sp³-hybridized carbons (Fsp3) is 0.111. The van der Waals surface area contributed by atoms with Crippen LogP contribution in [0.3, 0.4) is 0 Å². The summed E-state index contributed by atoms with van der Waals surface area (Å²) in [5, 5.41) is 16.9. The van der Waals surface area contributed by atoms with E-state index in [1.54, 1.807) is 18.2 Å². The van der Waals surface area contributed by atoms with Crippen molar-refractivity contribution in [2.24, 2.45) is 0 Å². The first-order valence-electron chi connectivity index (χ1n) is 7.39. The minimum atomic E-state index is -1.06. The Bertz CT molecular complexity index is 772. The highest BCUT2D eigenvalue weighted by Crippen LogP contribution is 2.10. The van der Waals surface area contributed by atoms with Gasteiger partial charge in [-0.25, -0.2) is 19.2 Å². The van der Waals surface area contributed by atoms with Crippen LogP contribution in [0.2, 0.25) is 0 Å². The van der Waals surface area contributed by atoms with Crippen molar-refractivity contribution in [1.29, 1.82) is 0 Å². The first-order chi connectivity index (χ1) is 12.4. The molecule has 0 saturated carbocycles. The summed E-state index contributed by atoms with van der Waals surface area (Å²) < 4.78 is 9.67. The molecule has 134 valence electrons. The highest BCUT2D eigenvalue weighted by Gasteiger charge is 2.15. The molecule has 0 spiro atoms. The molecule has 0 amide bonds. The maximum atomic E-state index is 11.3. The van der Waals surface area contributed by atoms with Crippen LogP contribution in [0.25, 0.3) is 0 Å². The second-order valence-electron chi connectivity index (χ2n) is 5.04. The lowest BCUT2D eigenvalue weighted by Gasteiger charge is -2.01. The van der Waals surface area contributed by atoms with Crippen molar-refractivity contribution >= 4 is 23.9 Å². The number of carbonyl (C=O) groups excluding carboxylic acids is 2. The molecule has 0 radical (unpaired) electrons. The van der Waals surface area contributed by atoms with Gasteiger partial charge in [-0.2, -0.15) is 0 Å². The lowest BCUT2D eigenvalue weighted by atomic mass is 10.1. The van der Waals surface area contributed by atoms with E-state index < -0.39 is 23.9 Å². The minimum absolute atomic E-state index is 0.0833. The van der Waals surface area contributed by atoms with E-state index in [1.165, 1.54) is 30.3 Å². The number of aromatic carboxylic acids is 2. The zero-order chi connectivity index (χ0) is 19.1. The van der Waals surface area contributed by atoms with Gasteiger partial charge in [-0.05, 0) is 42.5 Å². The molecule has 2 aromatic rings. The molecule has 0 unspecified atom stereocenters. The molecule has 2 aromatic carbocycles. The predicted octanol–water partition coefficient (Wildman–Crippen LogP) is 2.10. The monoisotopic (exact) mass is 358 g/mol. The van der Waals surface area contributed by atoms with Crippen LogP contribution in [0.15, 0.2) is 48.5 Å². The third kappa shape index (κ3) is 4.91. The summed E-state index contributed by atoms with van der Waals surface area (Å²) >= 11 is 0. The lowest BCUT2D eigenvalue weighted by molar-refractivity contribution is 0.0277. The predicted molar refractivity (Wildman–Crippen MR) is 87.4 cm³/mol. The number of fused-ring (bicyclic) bond motifs is 2. The second-order valence-corrected chi connectivity index (χ2v) is 5.04. The van der Waals surface area contributed by atoms with Gasteiger partial charge < -0.3 is 19.7 Å². The van der Waals surface area contributed by atoms with Crippen molar-refractivity contribution in [1.82, 2.24) is 0 Å². The van der Waals surface area contributed by atoms with Gasteiger partial charge in [0.05, 0.1) is 22.3 Å². The molecule has 8 nitrogen and oxygen atoms in total. The van der Waals surface area contributed by atoms with Gasteiger partial charge in [0.25, 0.3) is 0 Å². The molecule has 1 aliphatic rings. The van der Waals surface area contributed by atoms with Crippen LogP contribution in [0.5, 0.6) is 0 Å². The Hall–Kier alpha value is -3.68. The summed E-state index contributed by atoms with van der Waals surface area (Å²) in [7, 11) is 0. The number of carboxylic acid groups (broad SMARTS) is 2. The number of hydrogen-bond acceptors (Lipinski definition) is 6. The van der Waals surface area contributed by atoms with Gasteiger partial charge in [-0.3, -0.25) is 0 Å². The number of rotatable bonds is 2. The smallest absolute Gasteiger partial charge is 0.338 e. The van der Waals surface area contributed by atoms with Crippen LogP contribution in [0, 0.1) is 0 Å². The third-order valence-electron chi connectivity index (χ3n) is 3.26. The molecule has 0 aromatic heterocycles. The molecule has 3 rings (SSSR count). The maximum absolute atomic E-state index is 11.3. The molecular weight excluding hydrogens is 344 g/mol. The number of carbonyl (C=O) groups is 4. The summed E-state index contributed by atoms with van der Waals surface area (Å²) in [4.78, 5) is 43.3. The van der Waals surface area contributed by atoms with Gasteiger partial charge >= 0.3 is 23.9 Å². The van der Waals surface area contributed by atoms with E-state index in [2.05, 4.69) is 0 Å². The molecular formula is C18H14O8. The van der Waals surface area contributed by atoms with E-state index in [9.17, 15) is 19.2 Å². The molecule has 0 saturated heterocycles. The van der Waals surface area contributed by atoms with Crippen molar-refractivity contribution in [2.45, 2.75) is 0 Å². The van der Waals surface area contributed by atoms with Gasteiger partial charge in [0, 0.05) is 0 Å². The van der Waals surface area contributed by atoms with E-state index in [-0.39, 0.29) is 24.3 Å². The average Bonchev–Trinajstić information content (AvgIpc) is 2.68. The molecule has 8 heteroatoms. The van der Waals surface area contributed by atoms with Crippen LogP contribution in [-0.4, -0.2) is 47.3 Å². The number of esters is 2. The van der Waals surface area contributed by atoms with E-state index in [1.807, 2.05) is 0 Å². The van der Waals surface area contributed by atoms with Crippen LogP contribution in [0.4, 0.5) is 0 Å². The van der Waals surface area contributed by atoms with Crippen molar-refractivity contribution in [3.8, 4) is 0 Å². The third-order valence-corrected chi connectivity index (χ3v) is 3.26. The highest BCUT2D eigenvalue weighted by atomic mass is 16.6. The van der Waals surface area contributed by atoms with Gasteiger partial charge in [0.1, 0.15) is 13.2 Å². The summed E-state index contributed by atoms with van der Waals surface area (Å²) in [5.41, 5.74) is 0.919. The average molecular weight is 358 g/mol. The molecule has 26 heavy (non-hydrogen) atoms. The Morgan fingerprint density at radius 3 is 1.46 bits per heavy atom. The van der Waals surface area contributed by atoms with Gasteiger partial charge in [-0.1, -0.05) is 6.07 Å². The molecule has 2 N–H and O–H groups in total. The molecule has 2 bridgehead atoms. The quantitative estimate of drug-likeness (QED) is 0.781. The maximum Gasteiger partial charge on any atom is 0.338 e. The zero-order valence-electron chi connectivity index (χ0n) is 13.4. The Kier molecular flexibility index (Phi) is 6.05. The molecule has 0 atom stereocenters. The number of ether oxygens (including phenoxy) is 2. The van der Waals surface area contributed by atoms with Crippen molar-refractivity contribution in [3.63, 3.8) is 0 Å². The van der Waals surface area contributed by atoms with Crippen LogP contribution >= 0.6 is 0 Å². The summed E-state index contributed by atoms with van der Waals surface area (Å²) in [6.07, 6.45) is 0. The first-order valence-corrected chi connectivity index (χ1v) is 7.39. The van der Waals surface area contributed by atoms with E-state index in [0.29, 0.717) is 11.1 Å². The summed E-state index contributed by atoms with van der Waals surface area (Å²) in [6, 6.07) is 11.3. The number of benzene rings is 2. The number of carboxylic acids is 2. The first kappa shape index (κ1) is 18.7. The molecule has 0 fully saturated rings. The molecule has 1 aliphatic heterocycles. The minimum Gasteiger partial charge on any atom is -0.478 e. The normalized spacial score (nSPS) is 12.9. The Morgan fingerprint density at radius 2 is 1.12 bits per heavy atom. The second kappa shape index (κ2) is 8.43. The Balaban J connectivity index is 0.000000190. The largest absolute Gasteiger partial charge is 0.478 e. The summed E-state index contributed by atoms with van der Waals surface area (Å²) in [5.74, 6) is -2.98. The highest BCUT2D eigenvalue weighted by molar-refractivity contribution is 5.95. The Labute approximate surface area is 147 Å². The van der Waals surface area contributed by atoms with Crippen LogP contribution in [-0.2, 0) is 9.47 Å². The van der Waals surface area contributed by atoms with Crippen molar-refractivity contribution in [2.75, 3.05) is 13.2 Å². The van der Waals surface area contributed by atoms with Crippen molar-refractivity contribution < 1.29 is 38.9 Å². The topological polar surface area (TPSA) is 127 Å². The van der Waals surface area contributed by atoms with Gasteiger partial charge in [0.15, 0.2) is 0 Å². The standard InChI is InChI=1S/C10H8O4.C8H6O4/c11-9-7-2-1-3-8(6-7)10(12)14-5-4-13-9;9-7(10)5-1-2-6(4-3-5)8(11)12/h1-3,6H,4-5H2;1-4H,(H,9,10)(H,11,12). The van der Waals surface area contributed by atoms with Crippen molar-refractivity contribution in [3.05, 3.63) is 70.8 Å². The zero-order valence-corrected chi connectivity index (χ0v) is 13.4. The SMILES string of the molecule is O=C(O)c1ccc(C(=O)O)cc1.O=C1OCCOC(=O)c2cccc1c2. The summed E-state index contributed by atoms with van der Waals surface area (Å²) in [6.45, 7) is 0.200. The lowest BCUT2D eigenvalue weighted by Crippen LogP contribution is -2.10. The number of hydrogen-bond donors (Lipinski definition) is 2. The van der Waals surface area contributed by atoms with E-state index in [0.717, 1.165) is 0 Å². The number of cyclic esters (lactones) is 2. The fourth-order valence-corrected chi connectivity index (χ4v) is 1.96. The van der Waals surface area contributed by atoms with Crippen LogP contribution < -0.4 is 0 Å². The van der Waals surface area contributed by atoms with E-state index in [4.69, 9.17) is 19.7 Å². The van der Waals surface area contributed by atoms with Crippen LogP contribution in [0.1, 0.15) is 41.4 Å². The molecule has 1 heterocycles. The fourth-order valence-electron chi connectivity index (χ4n) is 1.96. The van der Waals surface area contributed by atoms with Gasteiger partial charge in [-0.15, -0.1) is 0 Å². The van der Waals surface area contributed by atoms with E-state index >= 15 is 0 Å². The Morgan fingerprint density at radius 1 is 0.731 bits per heavy atom. The molecule has 0 aliphatic carbocycles. The van der Waals surface area contributed by atoms with Gasteiger partial charge in [0.2, 0.25) is 0 Å².